The second-order valence-corrected chi connectivity index (χ2v) is 6.36. The van der Waals surface area contributed by atoms with Gasteiger partial charge in [-0.15, -0.1) is 11.3 Å². The second-order valence-electron chi connectivity index (χ2n) is 5.49. The molecule has 0 atom stereocenters. The molecule has 22 heavy (non-hydrogen) atoms. The molecule has 0 unspecified atom stereocenters. The van der Waals surface area contributed by atoms with E-state index in [1.54, 1.807) is 11.3 Å². The van der Waals surface area contributed by atoms with Crippen LogP contribution in [0.1, 0.15) is 22.8 Å². The number of hydrogen-bond donors (Lipinski definition) is 0. The number of aryl methyl sites for hydroxylation is 4. The molecule has 3 aromatic rings. The Hall–Kier alpha value is -2.15. The third kappa shape index (κ3) is 3.04. The third-order valence-corrected chi connectivity index (χ3v) is 4.34. The lowest BCUT2D eigenvalue weighted by Gasteiger charge is -2.23. The van der Waals surface area contributed by atoms with Crippen molar-refractivity contribution in [2.75, 3.05) is 4.90 Å². The van der Waals surface area contributed by atoms with Gasteiger partial charge in [-0.3, -0.25) is 0 Å². The molecule has 0 aromatic carbocycles. The molecule has 0 aliphatic carbocycles. The van der Waals surface area contributed by atoms with Crippen molar-refractivity contribution >= 4 is 16.5 Å². The van der Waals surface area contributed by atoms with Gasteiger partial charge in [0.1, 0.15) is 13.3 Å². The highest BCUT2D eigenvalue weighted by Crippen LogP contribution is 2.20. The molecule has 0 aliphatic heterocycles. The van der Waals surface area contributed by atoms with Crippen molar-refractivity contribution in [1.82, 2.24) is 24.5 Å². The summed E-state index contributed by atoms with van der Waals surface area (Å²) in [5, 5.41) is 12.1. The zero-order valence-corrected chi connectivity index (χ0v) is 14.1. The van der Waals surface area contributed by atoms with Gasteiger partial charge in [-0.05, 0) is 39.8 Å². The molecule has 0 N–H and O–H groups in total. The largest absolute Gasteiger partial charge is 0.309 e. The molecule has 3 aromatic heterocycles. The summed E-state index contributed by atoms with van der Waals surface area (Å²) in [5.41, 5.74) is 4.35. The van der Waals surface area contributed by atoms with Gasteiger partial charge in [0.25, 0.3) is 0 Å². The molecule has 0 fully saturated rings. The zero-order chi connectivity index (χ0) is 15.7. The van der Waals surface area contributed by atoms with Crippen LogP contribution in [0.4, 0.5) is 5.13 Å². The lowest BCUT2D eigenvalue weighted by atomic mass is 10.4. The van der Waals surface area contributed by atoms with E-state index >= 15 is 0 Å². The number of aromatic nitrogens is 5. The van der Waals surface area contributed by atoms with Gasteiger partial charge in [-0.1, -0.05) is 0 Å². The van der Waals surface area contributed by atoms with Crippen LogP contribution < -0.4 is 4.90 Å². The summed E-state index contributed by atoms with van der Waals surface area (Å²) in [6.45, 7) is 9.49. The average molecular weight is 316 g/mol. The van der Waals surface area contributed by atoms with Gasteiger partial charge in [0, 0.05) is 23.0 Å². The molecular weight excluding hydrogens is 296 g/mol. The summed E-state index contributed by atoms with van der Waals surface area (Å²) in [5.74, 6) is 0. The number of hydrogen-bond acceptors (Lipinski definition) is 5. The normalized spacial score (nSPS) is 11.1. The quantitative estimate of drug-likeness (QED) is 0.726. The van der Waals surface area contributed by atoms with Crippen molar-refractivity contribution in [2.45, 2.75) is 41.0 Å². The molecular formula is C15H20N6S. The summed E-state index contributed by atoms with van der Waals surface area (Å²) < 4.78 is 4.00. The topological polar surface area (TPSA) is 51.8 Å². The average Bonchev–Trinajstić information content (AvgIpc) is 3.13. The molecule has 0 spiro atoms. The van der Waals surface area contributed by atoms with E-state index in [-0.39, 0.29) is 0 Å². The molecule has 116 valence electrons. The van der Waals surface area contributed by atoms with Crippen LogP contribution >= 0.6 is 11.3 Å². The summed E-state index contributed by atoms with van der Waals surface area (Å²) in [6, 6.07) is 4.17. The van der Waals surface area contributed by atoms with Gasteiger partial charge in [0.05, 0.1) is 11.4 Å². The Morgan fingerprint density at radius 2 is 1.50 bits per heavy atom. The smallest absolute Gasteiger partial charge is 0.188 e. The summed E-state index contributed by atoms with van der Waals surface area (Å²) in [4.78, 5) is 6.63. The first kappa shape index (κ1) is 14.8. The molecule has 0 radical (unpaired) electrons. The van der Waals surface area contributed by atoms with E-state index in [1.165, 1.54) is 0 Å². The van der Waals surface area contributed by atoms with Gasteiger partial charge in [-0.25, -0.2) is 14.3 Å². The molecule has 0 bridgehead atoms. The van der Waals surface area contributed by atoms with Gasteiger partial charge >= 0.3 is 0 Å². The van der Waals surface area contributed by atoms with Crippen molar-refractivity contribution in [1.29, 1.82) is 0 Å². The third-order valence-electron chi connectivity index (χ3n) is 3.51. The summed E-state index contributed by atoms with van der Waals surface area (Å²) in [7, 11) is 0. The van der Waals surface area contributed by atoms with Gasteiger partial charge in [0.2, 0.25) is 0 Å². The Morgan fingerprint density at radius 3 is 1.86 bits per heavy atom. The fourth-order valence-corrected chi connectivity index (χ4v) is 3.13. The molecule has 0 aliphatic rings. The maximum Gasteiger partial charge on any atom is 0.188 e. The maximum atomic E-state index is 4.55. The van der Waals surface area contributed by atoms with Crippen LogP contribution in [0, 0.1) is 27.7 Å². The minimum Gasteiger partial charge on any atom is -0.309 e. The number of thiazole rings is 1. The fourth-order valence-electron chi connectivity index (χ4n) is 2.50. The Labute approximate surface area is 134 Å². The van der Waals surface area contributed by atoms with Crippen molar-refractivity contribution in [3.8, 4) is 0 Å². The fraction of sp³-hybridized carbons (Fsp3) is 0.400. The monoisotopic (exact) mass is 316 g/mol. The lowest BCUT2D eigenvalue weighted by Crippen LogP contribution is -2.30. The minimum atomic E-state index is 0.658. The van der Waals surface area contributed by atoms with E-state index in [2.05, 4.69) is 46.1 Å². The summed E-state index contributed by atoms with van der Waals surface area (Å²) >= 11 is 1.63. The first-order valence-corrected chi connectivity index (χ1v) is 8.07. The second kappa shape index (κ2) is 5.92. The Morgan fingerprint density at radius 1 is 0.955 bits per heavy atom. The predicted molar refractivity (Wildman–Crippen MR) is 88.0 cm³/mol. The molecule has 6 nitrogen and oxygen atoms in total. The first-order valence-electron chi connectivity index (χ1n) is 7.19. The first-order chi connectivity index (χ1) is 10.5. The van der Waals surface area contributed by atoms with Crippen LogP contribution in [0.2, 0.25) is 0 Å². The van der Waals surface area contributed by atoms with E-state index in [9.17, 15) is 0 Å². The minimum absolute atomic E-state index is 0.658. The van der Waals surface area contributed by atoms with Gasteiger partial charge < -0.3 is 4.90 Å². The highest BCUT2D eigenvalue weighted by Gasteiger charge is 2.14. The molecule has 7 heteroatoms. The van der Waals surface area contributed by atoms with Gasteiger partial charge in [-0.2, -0.15) is 10.2 Å². The van der Waals surface area contributed by atoms with Crippen molar-refractivity contribution in [3.63, 3.8) is 0 Å². The number of rotatable bonds is 5. The van der Waals surface area contributed by atoms with Gasteiger partial charge in [0.15, 0.2) is 5.13 Å². The summed E-state index contributed by atoms with van der Waals surface area (Å²) in [6.07, 6.45) is 1.83. The van der Waals surface area contributed by atoms with Crippen molar-refractivity contribution < 1.29 is 0 Å². The van der Waals surface area contributed by atoms with Crippen LogP contribution in [0.3, 0.4) is 0 Å². The van der Waals surface area contributed by atoms with Crippen LogP contribution in [0.25, 0.3) is 0 Å². The molecule has 3 heterocycles. The van der Waals surface area contributed by atoms with Crippen LogP contribution in [-0.4, -0.2) is 24.5 Å². The molecule has 0 saturated heterocycles. The number of nitrogens with zero attached hydrogens (tertiary/aromatic N) is 6. The predicted octanol–water partition coefficient (Wildman–Crippen LogP) is 2.89. The Balaban J connectivity index is 1.88. The maximum absolute atomic E-state index is 4.55. The van der Waals surface area contributed by atoms with E-state index in [4.69, 9.17) is 0 Å². The lowest BCUT2D eigenvalue weighted by molar-refractivity contribution is 0.484. The standard InChI is InChI=1S/C15H20N6S/c1-11-7-13(3)20(17-11)9-19(15-16-5-6-22-15)10-21-14(4)8-12(2)18-21/h5-8H,9-10H2,1-4H3. The molecule has 0 saturated carbocycles. The highest BCUT2D eigenvalue weighted by atomic mass is 32.1. The van der Waals surface area contributed by atoms with Crippen LogP contribution in [0.15, 0.2) is 23.7 Å². The van der Waals surface area contributed by atoms with Crippen molar-refractivity contribution in [3.05, 3.63) is 46.5 Å². The van der Waals surface area contributed by atoms with Crippen molar-refractivity contribution in [2.24, 2.45) is 0 Å². The number of anilines is 1. The van der Waals surface area contributed by atoms with E-state index in [1.807, 2.05) is 34.8 Å². The highest BCUT2D eigenvalue weighted by molar-refractivity contribution is 7.13. The van der Waals surface area contributed by atoms with E-state index < -0.39 is 0 Å². The van der Waals surface area contributed by atoms with Crippen LogP contribution in [0.5, 0.6) is 0 Å². The van der Waals surface area contributed by atoms with E-state index in [0.29, 0.717) is 13.3 Å². The Kier molecular flexibility index (Phi) is 3.98. The van der Waals surface area contributed by atoms with Crippen LogP contribution in [-0.2, 0) is 13.3 Å². The Bertz CT molecular complexity index is 707. The molecule has 0 amide bonds. The SMILES string of the molecule is Cc1cc(C)n(CN(Cn2nc(C)cc2C)c2nccs2)n1. The molecule has 3 rings (SSSR count). The zero-order valence-electron chi connectivity index (χ0n) is 13.3. The van der Waals surface area contributed by atoms with E-state index in [0.717, 1.165) is 27.9 Å².